The van der Waals surface area contributed by atoms with Gasteiger partial charge in [0.05, 0.1) is 0 Å². The summed E-state index contributed by atoms with van der Waals surface area (Å²) in [5.41, 5.74) is 3.93. The topological polar surface area (TPSA) is 15.3 Å². The Balaban J connectivity index is 1.89. The normalized spacial score (nSPS) is 10.9. The lowest BCUT2D eigenvalue weighted by molar-refractivity contribution is 0.552. The van der Waals surface area contributed by atoms with Gasteiger partial charge in [0.15, 0.2) is 0 Å². The van der Waals surface area contributed by atoms with Crippen molar-refractivity contribution in [2.75, 3.05) is 18.5 Å². The van der Waals surface area contributed by atoms with Crippen LogP contribution in [-0.4, -0.2) is 13.6 Å². The van der Waals surface area contributed by atoms with Gasteiger partial charge < -0.3 is 10.2 Å². The molecular formula is C19H26N2. The zero-order chi connectivity index (χ0) is 15.1. The third-order valence-electron chi connectivity index (χ3n) is 3.52. The van der Waals surface area contributed by atoms with Crippen LogP contribution in [0.25, 0.3) is 0 Å². The first-order chi connectivity index (χ1) is 10.1. The monoisotopic (exact) mass is 282 g/mol. The number of nitrogens with zero attached hydrogens (tertiary/aromatic N) is 1. The van der Waals surface area contributed by atoms with Crippen molar-refractivity contribution in [2.45, 2.75) is 26.9 Å². The molecule has 0 unspecified atom stereocenters. The first-order valence-electron chi connectivity index (χ1n) is 7.70. The predicted molar refractivity (Wildman–Crippen MR) is 91.5 cm³/mol. The molecule has 0 aliphatic heterocycles. The van der Waals surface area contributed by atoms with Crippen molar-refractivity contribution in [1.29, 1.82) is 0 Å². The van der Waals surface area contributed by atoms with Gasteiger partial charge in [0.1, 0.15) is 0 Å². The van der Waals surface area contributed by atoms with Crippen LogP contribution >= 0.6 is 0 Å². The molecule has 0 amide bonds. The summed E-state index contributed by atoms with van der Waals surface area (Å²) < 4.78 is 0. The van der Waals surface area contributed by atoms with Gasteiger partial charge in [0.2, 0.25) is 0 Å². The van der Waals surface area contributed by atoms with Crippen LogP contribution in [0.3, 0.4) is 0 Å². The van der Waals surface area contributed by atoms with Crippen LogP contribution in [0.1, 0.15) is 25.0 Å². The third kappa shape index (κ3) is 5.24. The van der Waals surface area contributed by atoms with Gasteiger partial charge in [-0.15, -0.1) is 0 Å². The van der Waals surface area contributed by atoms with Crippen molar-refractivity contribution in [1.82, 2.24) is 5.32 Å². The van der Waals surface area contributed by atoms with Gasteiger partial charge in [-0.3, -0.25) is 0 Å². The standard InChI is InChI=1S/C19H26N2/c1-16(2)13-20-14-17-9-11-19(12-10-17)21(3)15-18-7-5-4-6-8-18/h4-12,16,20H,13-15H2,1-3H3. The number of anilines is 1. The summed E-state index contributed by atoms with van der Waals surface area (Å²) in [6.45, 7) is 7.41. The Morgan fingerprint density at radius 2 is 1.57 bits per heavy atom. The van der Waals surface area contributed by atoms with Crippen molar-refractivity contribution < 1.29 is 0 Å². The minimum absolute atomic E-state index is 0.696. The van der Waals surface area contributed by atoms with Crippen LogP contribution in [0.15, 0.2) is 54.6 Å². The van der Waals surface area contributed by atoms with E-state index in [1.54, 1.807) is 0 Å². The molecule has 0 spiro atoms. The molecule has 2 aromatic rings. The molecule has 112 valence electrons. The summed E-state index contributed by atoms with van der Waals surface area (Å²) in [4.78, 5) is 2.28. The summed E-state index contributed by atoms with van der Waals surface area (Å²) in [6.07, 6.45) is 0. The predicted octanol–water partition coefficient (Wildman–Crippen LogP) is 4.07. The highest BCUT2D eigenvalue weighted by atomic mass is 15.1. The first-order valence-corrected chi connectivity index (χ1v) is 7.70. The molecule has 2 heteroatoms. The zero-order valence-electron chi connectivity index (χ0n) is 13.3. The van der Waals surface area contributed by atoms with Crippen molar-refractivity contribution in [3.05, 3.63) is 65.7 Å². The Morgan fingerprint density at radius 1 is 0.905 bits per heavy atom. The van der Waals surface area contributed by atoms with Gasteiger partial charge in [-0.1, -0.05) is 56.3 Å². The average Bonchev–Trinajstić information content (AvgIpc) is 2.48. The lowest BCUT2D eigenvalue weighted by Crippen LogP contribution is -2.19. The highest BCUT2D eigenvalue weighted by Gasteiger charge is 2.02. The molecule has 1 N–H and O–H groups in total. The van der Waals surface area contributed by atoms with Gasteiger partial charge in [-0.2, -0.15) is 0 Å². The fraction of sp³-hybridized carbons (Fsp3) is 0.368. The number of rotatable bonds is 7. The molecule has 0 bridgehead atoms. The van der Waals surface area contributed by atoms with Gasteiger partial charge in [0.25, 0.3) is 0 Å². The SMILES string of the molecule is CC(C)CNCc1ccc(N(C)Cc2ccccc2)cc1. The van der Waals surface area contributed by atoms with Gasteiger partial charge >= 0.3 is 0 Å². The fourth-order valence-corrected chi connectivity index (χ4v) is 2.32. The fourth-order valence-electron chi connectivity index (χ4n) is 2.32. The maximum Gasteiger partial charge on any atom is 0.0426 e. The van der Waals surface area contributed by atoms with E-state index in [1.165, 1.54) is 16.8 Å². The second-order valence-electron chi connectivity index (χ2n) is 6.03. The Labute approximate surface area is 128 Å². The summed E-state index contributed by atoms with van der Waals surface area (Å²) in [5.74, 6) is 0.696. The lowest BCUT2D eigenvalue weighted by Gasteiger charge is -2.20. The Kier molecular flexibility index (Phi) is 5.82. The van der Waals surface area contributed by atoms with Gasteiger partial charge in [-0.05, 0) is 35.7 Å². The quantitative estimate of drug-likeness (QED) is 0.823. The van der Waals surface area contributed by atoms with E-state index in [0.29, 0.717) is 5.92 Å². The van der Waals surface area contributed by atoms with Crippen LogP contribution in [0, 0.1) is 5.92 Å². The van der Waals surface area contributed by atoms with E-state index in [1.807, 2.05) is 0 Å². The number of hydrogen-bond donors (Lipinski definition) is 1. The molecule has 0 atom stereocenters. The van der Waals surface area contributed by atoms with Crippen molar-refractivity contribution >= 4 is 5.69 Å². The van der Waals surface area contributed by atoms with Crippen molar-refractivity contribution in [3.63, 3.8) is 0 Å². The van der Waals surface area contributed by atoms with E-state index in [4.69, 9.17) is 0 Å². The molecule has 0 aromatic heterocycles. The van der Waals surface area contributed by atoms with Gasteiger partial charge in [-0.25, -0.2) is 0 Å². The Hall–Kier alpha value is -1.80. The van der Waals surface area contributed by atoms with E-state index in [9.17, 15) is 0 Å². The number of benzene rings is 2. The molecule has 2 aromatic carbocycles. The van der Waals surface area contributed by atoms with Crippen LogP contribution in [0.2, 0.25) is 0 Å². The van der Waals surface area contributed by atoms with E-state index >= 15 is 0 Å². The Bertz CT molecular complexity index is 517. The third-order valence-corrected chi connectivity index (χ3v) is 3.52. The molecule has 0 aliphatic rings. The summed E-state index contributed by atoms with van der Waals surface area (Å²) in [6, 6.07) is 19.4. The minimum atomic E-state index is 0.696. The molecular weight excluding hydrogens is 256 g/mol. The molecule has 0 radical (unpaired) electrons. The average molecular weight is 282 g/mol. The maximum atomic E-state index is 3.48. The molecule has 0 saturated carbocycles. The van der Waals surface area contributed by atoms with Gasteiger partial charge in [0, 0.05) is 25.8 Å². The second kappa shape index (κ2) is 7.84. The van der Waals surface area contributed by atoms with Crippen LogP contribution < -0.4 is 10.2 Å². The number of nitrogens with one attached hydrogen (secondary N) is 1. The highest BCUT2D eigenvalue weighted by molar-refractivity contribution is 5.47. The summed E-state index contributed by atoms with van der Waals surface area (Å²) in [7, 11) is 2.14. The summed E-state index contributed by atoms with van der Waals surface area (Å²) >= 11 is 0. The largest absolute Gasteiger partial charge is 0.370 e. The molecule has 21 heavy (non-hydrogen) atoms. The van der Waals surface area contributed by atoms with E-state index in [2.05, 4.69) is 85.7 Å². The van der Waals surface area contributed by atoms with E-state index in [0.717, 1.165) is 19.6 Å². The van der Waals surface area contributed by atoms with Crippen LogP contribution in [0.5, 0.6) is 0 Å². The van der Waals surface area contributed by atoms with Crippen LogP contribution in [0.4, 0.5) is 5.69 Å². The molecule has 0 fully saturated rings. The van der Waals surface area contributed by atoms with Crippen molar-refractivity contribution in [3.8, 4) is 0 Å². The molecule has 0 saturated heterocycles. The first kappa shape index (κ1) is 15.6. The minimum Gasteiger partial charge on any atom is -0.370 e. The van der Waals surface area contributed by atoms with E-state index < -0.39 is 0 Å². The smallest absolute Gasteiger partial charge is 0.0426 e. The second-order valence-corrected chi connectivity index (χ2v) is 6.03. The van der Waals surface area contributed by atoms with Crippen molar-refractivity contribution in [2.24, 2.45) is 5.92 Å². The summed E-state index contributed by atoms with van der Waals surface area (Å²) in [5, 5.41) is 3.48. The molecule has 2 nitrogen and oxygen atoms in total. The lowest BCUT2D eigenvalue weighted by atomic mass is 10.1. The van der Waals surface area contributed by atoms with Crippen LogP contribution in [-0.2, 0) is 13.1 Å². The molecule has 0 heterocycles. The zero-order valence-corrected chi connectivity index (χ0v) is 13.3. The molecule has 0 aliphatic carbocycles. The highest BCUT2D eigenvalue weighted by Crippen LogP contribution is 2.16. The number of hydrogen-bond acceptors (Lipinski definition) is 2. The Morgan fingerprint density at radius 3 is 2.19 bits per heavy atom. The molecule has 2 rings (SSSR count). The van der Waals surface area contributed by atoms with E-state index in [-0.39, 0.29) is 0 Å². The maximum absolute atomic E-state index is 3.48.